The predicted molar refractivity (Wildman–Crippen MR) is 160 cm³/mol. The van der Waals surface area contributed by atoms with Crippen molar-refractivity contribution in [2.45, 2.75) is 0 Å². The molecule has 6 aromatic rings. The molecule has 0 nitrogen and oxygen atoms in total. The van der Waals surface area contributed by atoms with E-state index >= 15 is 0 Å². The maximum Gasteiger partial charge on any atom is 0.0192 e. The van der Waals surface area contributed by atoms with Crippen LogP contribution in [0.1, 0.15) is 0 Å². The minimum Gasteiger partial charge on any atom is -0.0622 e. The van der Waals surface area contributed by atoms with Crippen molar-refractivity contribution in [1.82, 2.24) is 0 Å². The van der Waals surface area contributed by atoms with Gasteiger partial charge in [0.15, 0.2) is 0 Å². The third-order valence-electron chi connectivity index (χ3n) is 7.09. The third kappa shape index (κ3) is 3.40. The van der Waals surface area contributed by atoms with Gasteiger partial charge < -0.3 is 0 Å². The van der Waals surface area contributed by atoms with Gasteiger partial charge >= 0.3 is 0 Å². The van der Waals surface area contributed by atoms with Gasteiger partial charge in [-0.05, 0) is 90.7 Å². The summed E-state index contributed by atoms with van der Waals surface area (Å²) < 4.78 is 2.11. The zero-order valence-electron chi connectivity index (χ0n) is 19.3. The normalized spacial score (nSPS) is 11.6. The summed E-state index contributed by atoms with van der Waals surface area (Å²) in [6.07, 6.45) is 0. The van der Waals surface area contributed by atoms with Crippen LogP contribution in [0.5, 0.6) is 0 Å². The Balaban J connectivity index is 1.71. The van der Waals surface area contributed by atoms with Gasteiger partial charge in [-0.1, -0.05) is 129 Å². The van der Waals surface area contributed by atoms with Gasteiger partial charge in [0.05, 0.1) is 0 Å². The van der Waals surface area contributed by atoms with Gasteiger partial charge in [0.1, 0.15) is 0 Å². The topological polar surface area (TPSA) is 0 Å². The van der Waals surface area contributed by atoms with E-state index in [4.69, 9.17) is 0 Å². The molecular weight excluding hydrogens is 568 g/mol. The Bertz CT molecular complexity index is 1760. The molecule has 0 bridgehead atoms. The molecule has 1 aliphatic rings. The maximum absolute atomic E-state index is 3.73. The van der Waals surface area contributed by atoms with Crippen molar-refractivity contribution < 1.29 is 0 Å². The standard InChI is InChI=1S/C34H20Br2/c35-25-17-24(18-26(36)19-25)30-20-29(21-9-3-1-4-10-21)33-27-15-7-13-22-14-8-16-28(31(22)27)34(33)32(30)23-11-5-2-6-12-23/h1-20H. The molecule has 36 heavy (non-hydrogen) atoms. The van der Waals surface area contributed by atoms with Crippen molar-refractivity contribution in [3.05, 3.63) is 130 Å². The number of hydrogen-bond donors (Lipinski definition) is 0. The second kappa shape index (κ2) is 8.58. The van der Waals surface area contributed by atoms with E-state index in [1.54, 1.807) is 0 Å². The molecule has 6 aromatic carbocycles. The number of halogens is 2. The van der Waals surface area contributed by atoms with E-state index in [9.17, 15) is 0 Å². The quantitative estimate of drug-likeness (QED) is 0.193. The van der Waals surface area contributed by atoms with Gasteiger partial charge in [-0.15, -0.1) is 0 Å². The lowest BCUT2D eigenvalue weighted by Crippen LogP contribution is -1.94. The second-order valence-electron chi connectivity index (χ2n) is 9.20. The Morgan fingerprint density at radius 3 is 1.56 bits per heavy atom. The summed E-state index contributed by atoms with van der Waals surface area (Å²) in [5, 5.41) is 2.63. The monoisotopic (exact) mass is 586 g/mol. The minimum absolute atomic E-state index is 1.05. The average Bonchev–Trinajstić information content (AvgIpc) is 3.24. The third-order valence-corrected chi connectivity index (χ3v) is 8.01. The summed E-state index contributed by atoms with van der Waals surface area (Å²) in [6, 6.07) is 44.0. The molecule has 0 saturated carbocycles. The summed E-state index contributed by atoms with van der Waals surface area (Å²) >= 11 is 7.47. The van der Waals surface area contributed by atoms with E-state index in [2.05, 4.69) is 153 Å². The van der Waals surface area contributed by atoms with E-state index < -0.39 is 0 Å². The highest BCUT2D eigenvalue weighted by atomic mass is 79.9. The number of hydrogen-bond acceptors (Lipinski definition) is 0. The minimum atomic E-state index is 1.05. The van der Waals surface area contributed by atoms with Gasteiger partial charge in [-0.3, -0.25) is 0 Å². The molecule has 2 heteroatoms. The van der Waals surface area contributed by atoms with E-state index in [1.807, 2.05) is 0 Å². The van der Waals surface area contributed by atoms with Crippen LogP contribution in [0.15, 0.2) is 130 Å². The van der Waals surface area contributed by atoms with Gasteiger partial charge in [0, 0.05) is 8.95 Å². The van der Waals surface area contributed by atoms with Crippen molar-refractivity contribution >= 4 is 42.6 Å². The lowest BCUT2D eigenvalue weighted by Gasteiger charge is -2.21. The fourth-order valence-corrected chi connectivity index (χ4v) is 6.97. The molecule has 7 rings (SSSR count). The zero-order chi connectivity index (χ0) is 24.2. The van der Waals surface area contributed by atoms with Crippen molar-refractivity contribution in [1.29, 1.82) is 0 Å². The largest absolute Gasteiger partial charge is 0.0622 e. The highest BCUT2D eigenvalue weighted by Gasteiger charge is 2.30. The van der Waals surface area contributed by atoms with Crippen molar-refractivity contribution in [3.8, 4) is 55.6 Å². The molecule has 0 saturated heterocycles. The van der Waals surface area contributed by atoms with E-state index in [1.165, 1.54) is 66.4 Å². The van der Waals surface area contributed by atoms with Gasteiger partial charge in [-0.2, -0.15) is 0 Å². The fourth-order valence-electron chi connectivity index (χ4n) is 5.68. The molecule has 170 valence electrons. The van der Waals surface area contributed by atoms with Gasteiger partial charge in [0.2, 0.25) is 0 Å². The van der Waals surface area contributed by atoms with E-state index in [0.717, 1.165) is 8.95 Å². The molecule has 0 N–H and O–H groups in total. The summed E-state index contributed by atoms with van der Waals surface area (Å²) in [4.78, 5) is 0. The van der Waals surface area contributed by atoms with Crippen LogP contribution in [0.2, 0.25) is 0 Å². The Hall–Kier alpha value is -3.46. The Labute approximate surface area is 227 Å². The van der Waals surface area contributed by atoms with Crippen molar-refractivity contribution in [2.24, 2.45) is 0 Å². The molecule has 0 radical (unpaired) electrons. The first-order valence-electron chi connectivity index (χ1n) is 12.0. The Morgan fingerprint density at radius 1 is 0.361 bits per heavy atom. The number of fused-ring (bicyclic) bond motifs is 3. The molecule has 0 unspecified atom stereocenters. The van der Waals surface area contributed by atoms with Crippen LogP contribution >= 0.6 is 31.9 Å². The number of benzene rings is 6. The molecular formula is C34H20Br2. The summed E-state index contributed by atoms with van der Waals surface area (Å²) in [6.45, 7) is 0. The lowest BCUT2D eigenvalue weighted by atomic mass is 9.82. The van der Waals surface area contributed by atoms with Crippen LogP contribution in [0.4, 0.5) is 0 Å². The first-order valence-corrected chi connectivity index (χ1v) is 13.6. The van der Waals surface area contributed by atoms with Crippen molar-refractivity contribution in [3.63, 3.8) is 0 Å². The van der Waals surface area contributed by atoms with Crippen LogP contribution in [-0.4, -0.2) is 0 Å². The molecule has 0 amide bonds. The second-order valence-corrected chi connectivity index (χ2v) is 11.0. The van der Waals surface area contributed by atoms with Gasteiger partial charge in [-0.25, -0.2) is 0 Å². The molecule has 0 spiro atoms. The van der Waals surface area contributed by atoms with Crippen LogP contribution < -0.4 is 0 Å². The molecule has 0 aliphatic heterocycles. The summed E-state index contributed by atoms with van der Waals surface area (Å²) in [5.74, 6) is 0. The SMILES string of the molecule is Brc1cc(Br)cc(-c2cc(-c3ccccc3)c3c(c2-c2ccccc2)-c2cccc4cccc-3c24)c1. The highest BCUT2D eigenvalue weighted by Crippen LogP contribution is 2.57. The maximum atomic E-state index is 3.73. The van der Waals surface area contributed by atoms with Crippen LogP contribution in [0.25, 0.3) is 66.4 Å². The molecule has 0 fully saturated rings. The first kappa shape index (κ1) is 21.8. The molecule has 0 atom stereocenters. The van der Waals surface area contributed by atoms with Crippen LogP contribution in [0.3, 0.4) is 0 Å². The van der Waals surface area contributed by atoms with Gasteiger partial charge in [0.25, 0.3) is 0 Å². The first-order chi connectivity index (χ1) is 17.7. The van der Waals surface area contributed by atoms with Crippen LogP contribution in [-0.2, 0) is 0 Å². The van der Waals surface area contributed by atoms with Crippen molar-refractivity contribution in [2.75, 3.05) is 0 Å². The molecule has 0 heterocycles. The Morgan fingerprint density at radius 2 is 0.917 bits per heavy atom. The van der Waals surface area contributed by atoms with E-state index in [0.29, 0.717) is 0 Å². The fraction of sp³-hybridized carbons (Fsp3) is 0. The summed E-state index contributed by atoms with van der Waals surface area (Å²) in [7, 11) is 0. The van der Waals surface area contributed by atoms with E-state index in [-0.39, 0.29) is 0 Å². The average molecular weight is 588 g/mol. The molecule has 1 aliphatic carbocycles. The smallest absolute Gasteiger partial charge is 0.0192 e. The van der Waals surface area contributed by atoms with Crippen LogP contribution in [0, 0.1) is 0 Å². The predicted octanol–water partition coefficient (Wildman–Crippen LogP) is 11.0. The summed E-state index contributed by atoms with van der Waals surface area (Å²) in [5.41, 5.74) is 12.7. The zero-order valence-corrected chi connectivity index (χ0v) is 22.5. The highest BCUT2D eigenvalue weighted by molar-refractivity contribution is 9.11. The molecule has 0 aromatic heterocycles. The Kier molecular flexibility index (Phi) is 5.20. The lowest BCUT2D eigenvalue weighted by molar-refractivity contribution is 1.54. The number of rotatable bonds is 3.